The number of ether oxygens (including phenoxy) is 1. The number of hydrogen-bond donors (Lipinski definition) is 2. The number of benzene rings is 2. The van der Waals surface area contributed by atoms with Crippen molar-refractivity contribution in [3.63, 3.8) is 0 Å². The monoisotopic (exact) mass is 373 g/mol. The Labute approximate surface area is 160 Å². The van der Waals surface area contributed by atoms with E-state index in [2.05, 4.69) is 25.6 Å². The van der Waals surface area contributed by atoms with Crippen LogP contribution in [-0.2, 0) is 4.79 Å². The normalized spacial score (nSPS) is 15.5. The van der Waals surface area contributed by atoms with Crippen LogP contribution in [0.4, 0.5) is 10.5 Å². The van der Waals surface area contributed by atoms with Gasteiger partial charge in [-0.25, -0.2) is 14.8 Å². The van der Waals surface area contributed by atoms with Gasteiger partial charge in [0.15, 0.2) is 0 Å². The number of anilines is 1. The SMILES string of the molecule is O=C(NC1N=C(c2ccccc2)c2ccccc2NC1=O)Oc1cnccn1. The number of para-hydroxylation sites is 1. The molecule has 8 heteroatoms. The quantitative estimate of drug-likeness (QED) is 0.733. The molecule has 8 nitrogen and oxygen atoms in total. The van der Waals surface area contributed by atoms with Gasteiger partial charge in [0.2, 0.25) is 12.0 Å². The largest absolute Gasteiger partial charge is 0.416 e. The summed E-state index contributed by atoms with van der Waals surface area (Å²) < 4.78 is 5.05. The van der Waals surface area contributed by atoms with E-state index in [0.29, 0.717) is 11.4 Å². The van der Waals surface area contributed by atoms with E-state index < -0.39 is 18.2 Å². The predicted octanol–water partition coefficient (Wildman–Crippen LogP) is 2.38. The Hall–Kier alpha value is -4.07. The average Bonchev–Trinajstić information content (AvgIpc) is 2.86. The van der Waals surface area contributed by atoms with Crippen molar-refractivity contribution in [3.05, 3.63) is 84.3 Å². The fourth-order valence-corrected chi connectivity index (χ4v) is 2.76. The minimum atomic E-state index is -1.17. The number of nitrogens with zero attached hydrogens (tertiary/aromatic N) is 3. The zero-order valence-corrected chi connectivity index (χ0v) is 14.6. The molecule has 1 aliphatic rings. The van der Waals surface area contributed by atoms with Gasteiger partial charge in [-0.2, -0.15) is 0 Å². The number of aliphatic imine (C=N–C) groups is 1. The zero-order chi connectivity index (χ0) is 19.3. The third-order valence-corrected chi connectivity index (χ3v) is 3.99. The van der Waals surface area contributed by atoms with Gasteiger partial charge in [0.25, 0.3) is 5.91 Å². The van der Waals surface area contributed by atoms with E-state index >= 15 is 0 Å². The first kappa shape index (κ1) is 17.3. The lowest BCUT2D eigenvalue weighted by Gasteiger charge is -2.12. The van der Waals surface area contributed by atoms with Crippen molar-refractivity contribution in [2.45, 2.75) is 6.17 Å². The maximum absolute atomic E-state index is 12.6. The topological polar surface area (TPSA) is 106 Å². The van der Waals surface area contributed by atoms with Crippen molar-refractivity contribution < 1.29 is 14.3 Å². The lowest BCUT2D eigenvalue weighted by molar-refractivity contribution is -0.117. The fraction of sp³-hybridized carbons (Fsp3) is 0.0500. The van der Waals surface area contributed by atoms with Gasteiger partial charge in [-0.05, 0) is 6.07 Å². The highest BCUT2D eigenvalue weighted by molar-refractivity contribution is 6.19. The summed E-state index contributed by atoms with van der Waals surface area (Å²) in [6.45, 7) is 0. The molecule has 2 aromatic carbocycles. The minimum absolute atomic E-state index is 0.0181. The Morgan fingerprint density at radius 2 is 1.82 bits per heavy atom. The van der Waals surface area contributed by atoms with E-state index in [1.807, 2.05) is 48.5 Å². The Kier molecular flexibility index (Phi) is 4.75. The summed E-state index contributed by atoms with van der Waals surface area (Å²) in [7, 11) is 0. The molecule has 0 saturated heterocycles. The van der Waals surface area contributed by atoms with Crippen LogP contribution in [0.15, 0.2) is 78.2 Å². The van der Waals surface area contributed by atoms with Gasteiger partial charge in [-0.3, -0.25) is 15.1 Å². The highest BCUT2D eigenvalue weighted by Gasteiger charge is 2.27. The van der Waals surface area contributed by atoms with Crippen molar-refractivity contribution in [1.29, 1.82) is 0 Å². The first-order chi connectivity index (χ1) is 13.7. The molecule has 1 aliphatic heterocycles. The summed E-state index contributed by atoms with van der Waals surface area (Å²) >= 11 is 0. The minimum Gasteiger partial charge on any atom is -0.390 e. The second-order valence-corrected chi connectivity index (χ2v) is 5.86. The van der Waals surface area contributed by atoms with Crippen molar-refractivity contribution >= 4 is 23.4 Å². The van der Waals surface area contributed by atoms with E-state index in [9.17, 15) is 9.59 Å². The first-order valence-electron chi connectivity index (χ1n) is 8.48. The number of carbonyl (C=O) groups is 2. The molecule has 0 radical (unpaired) electrons. The van der Waals surface area contributed by atoms with Crippen molar-refractivity contribution in [2.24, 2.45) is 4.99 Å². The Morgan fingerprint density at radius 1 is 1.04 bits per heavy atom. The van der Waals surface area contributed by atoms with Crippen LogP contribution >= 0.6 is 0 Å². The molecule has 0 saturated carbocycles. The first-order valence-corrected chi connectivity index (χ1v) is 8.48. The van der Waals surface area contributed by atoms with Gasteiger partial charge in [0, 0.05) is 23.5 Å². The standard InChI is InChI=1S/C20H15N5O3/c26-19-18(25-20(27)28-16-12-21-10-11-22-16)24-17(13-6-2-1-3-7-13)14-8-4-5-9-15(14)23-19/h1-12,18H,(H,23,26)(H,25,27). The van der Waals surface area contributed by atoms with Gasteiger partial charge in [0.1, 0.15) is 0 Å². The maximum atomic E-state index is 12.6. The van der Waals surface area contributed by atoms with E-state index in [-0.39, 0.29) is 5.88 Å². The summed E-state index contributed by atoms with van der Waals surface area (Å²) in [5.74, 6) is -0.459. The highest BCUT2D eigenvalue weighted by atomic mass is 16.6. The average molecular weight is 373 g/mol. The molecule has 3 aromatic rings. The summed E-state index contributed by atoms with van der Waals surface area (Å²) in [6, 6.07) is 16.8. The lowest BCUT2D eigenvalue weighted by atomic mass is 10.0. The number of hydrogen-bond acceptors (Lipinski definition) is 6. The molecule has 0 fully saturated rings. The molecule has 4 rings (SSSR count). The number of benzodiazepines with no additional fused rings is 1. The van der Waals surface area contributed by atoms with Crippen molar-refractivity contribution in [1.82, 2.24) is 15.3 Å². The molecule has 0 bridgehead atoms. The number of fused-ring (bicyclic) bond motifs is 1. The van der Waals surface area contributed by atoms with Crippen LogP contribution in [0.25, 0.3) is 0 Å². The van der Waals surface area contributed by atoms with Crippen LogP contribution in [-0.4, -0.2) is 33.8 Å². The Bertz CT molecular complexity index is 1040. The molecular weight excluding hydrogens is 358 g/mol. The molecule has 138 valence electrons. The predicted molar refractivity (Wildman–Crippen MR) is 102 cm³/mol. The van der Waals surface area contributed by atoms with Crippen LogP contribution in [0, 0.1) is 0 Å². The van der Waals surface area contributed by atoms with Crippen LogP contribution in [0.2, 0.25) is 0 Å². The molecule has 28 heavy (non-hydrogen) atoms. The van der Waals surface area contributed by atoms with E-state index in [1.54, 1.807) is 6.07 Å². The molecule has 0 spiro atoms. The molecule has 1 unspecified atom stereocenters. The van der Waals surface area contributed by atoms with Gasteiger partial charge in [-0.15, -0.1) is 0 Å². The number of aromatic nitrogens is 2. The molecule has 1 aromatic heterocycles. The van der Waals surface area contributed by atoms with Crippen molar-refractivity contribution in [3.8, 4) is 5.88 Å². The summed E-state index contributed by atoms with van der Waals surface area (Å²) in [4.78, 5) is 37.0. The summed E-state index contributed by atoms with van der Waals surface area (Å²) in [5.41, 5.74) is 2.77. The van der Waals surface area contributed by atoms with Gasteiger partial charge in [0.05, 0.1) is 17.6 Å². The number of amides is 2. The third-order valence-electron chi connectivity index (χ3n) is 3.99. The van der Waals surface area contributed by atoms with Crippen LogP contribution in [0.3, 0.4) is 0 Å². The summed E-state index contributed by atoms with van der Waals surface area (Å²) in [6.07, 6.45) is 2.11. The van der Waals surface area contributed by atoms with E-state index in [4.69, 9.17) is 4.74 Å². The van der Waals surface area contributed by atoms with E-state index in [0.717, 1.165) is 11.1 Å². The third kappa shape index (κ3) is 3.70. The molecular formula is C20H15N5O3. The number of rotatable bonds is 3. The van der Waals surface area contributed by atoms with Crippen LogP contribution in [0.1, 0.15) is 11.1 Å². The zero-order valence-electron chi connectivity index (χ0n) is 14.6. The number of carbonyl (C=O) groups excluding carboxylic acids is 2. The lowest BCUT2D eigenvalue weighted by Crippen LogP contribution is -2.43. The van der Waals surface area contributed by atoms with E-state index in [1.165, 1.54) is 18.6 Å². The highest BCUT2D eigenvalue weighted by Crippen LogP contribution is 2.23. The second kappa shape index (κ2) is 7.67. The Balaban J connectivity index is 1.66. The molecule has 2 amide bonds. The fourth-order valence-electron chi connectivity index (χ4n) is 2.76. The van der Waals surface area contributed by atoms with Crippen molar-refractivity contribution in [2.75, 3.05) is 5.32 Å². The molecule has 1 atom stereocenters. The van der Waals surface area contributed by atoms with Gasteiger partial charge < -0.3 is 10.1 Å². The Morgan fingerprint density at radius 3 is 2.61 bits per heavy atom. The molecule has 2 heterocycles. The maximum Gasteiger partial charge on any atom is 0.416 e. The molecule has 0 aliphatic carbocycles. The smallest absolute Gasteiger partial charge is 0.390 e. The van der Waals surface area contributed by atoms with Gasteiger partial charge >= 0.3 is 6.09 Å². The summed E-state index contributed by atoms with van der Waals surface area (Å²) in [5, 5.41) is 5.25. The molecule has 2 N–H and O–H groups in total. The second-order valence-electron chi connectivity index (χ2n) is 5.86. The van der Waals surface area contributed by atoms with Crippen LogP contribution < -0.4 is 15.4 Å². The van der Waals surface area contributed by atoms with Crippen LogP contribution in [0.5, 0.6) is 5.88 Å². The number of nitrogens with one attached hydrogen (secondary N) is 2. The van der Waals surface area contributed by atoms with Gasteiger partial charge in [-0.1, -0.05) is 48.5 Å².